The van der Waals surface area contributed by atoms with Gasteiger partial charge in [-0.1, -0.05) is 35.9 Å². The van der Waals surface area contributed by atoms with E-state index >= 15 is 0 Å². The Bertz CT molecular complexity index is 927. The molecule has 0 aliphatic rings. The van der Waals surface area contributed by atoms with Crippen LogP contribution < -0.4 is 15.5 Å². The molecule has 31 heavy (non-hydrogen) atoms. The highest BCUT2D eigenvalue weighted by atomic mass is 35.5. The molecule has 2 aromatic rings. The Morgan fingerprint density at radius 1 is 1.26 bits per heavy atom. The summed E-state index contributed by atoms with van der Waals surface area (Å²) < 4.78 is 46.2. The fraction of sp³-hybridized carbons (Fsp3) is 0.316. The summed E-state index contributed by atoms with van der Waals surface area (Å²) in [6, 6.07) is 7.18. The topological polar surface area (TPSA) is 98.8 Å². The van der Waals surface area contributed by atoms with Crippen LogP contribution in [0.5, 0.6) is 5.88 Å². The first-order valence-corrected chi connectivity index (χ1v) is 9.14. The van der Waals surface area contributed by atoms with E-state index in [1.165, 1.54) is 14.2 Å². The number of nitrogens with one attached hydrogen (secondary N) is 2. The lowest BCUT2D eigenvalue weighted by atomic mass is 10.0. The van der Waals surface area contributed by atoms with Crippen molar-refractivity contribution in [3.63, 3.8) is 0 Å². The highest BCUT2D eigenvalue weighted by Crippen LogP contribution is 2.26. The van der Waals surface area contributed by atoms with E-state index in [0.717, 1.165) is 12.3 Å². The van der Waals surface area contributed by atoms with Crippen molar-refractivity contribution < 1.29 is 37.1 Å². The molecule has 0 saturated carbocycles. The number of hydrogen-bond acceptors (Lipinski definition) is 7. The van der Waals surface area contributed by atoms with Gasteiger partial charge in [0.1, 0.15) is 17.7 Å². The fourth-order valence-corrected chi connectivity index (χ4v) is 2.71. The predicted octanol–water partition coefficient (Wildman–Crippen LogP) is 2.97. The van der Waals surface area contributed by atoms with E-state index in [1.807, 2.05) is 0 Å². The number of carbonyl (C=O) groups is 2. The molecule has 1 atom stereocenters. The van der Waals surface area contributed by atoms with Gasteiger partial charge in [0.05, 0.1) is 12.7 Å². The first kappa shape index (κ1) is 24.4. The van der Waals surface area contributed by atoms with E-state index < -0.39 is 24.8 Å². The van der Waals surface area contributed by atoms with E-state index in [0.29, 0.717) is 11.1 Å². The lowest BCUT2D eigenvalue weighted by Gasteiger charge is -2.19. The number of esters is 1. The standard InChI is InChI=1S/C19H19ClF3N3O5/c1-24-16(27)15(26-29-2)13-6-4-3-5-11(13)9-30-17-14(20)7-12(8-25-17)18(28)31-10-19(21,22)23/h3-8,15,26H,9-10H2,1-2H3,(H,24,27). The van der Waals surface area contributed by atoms with Crippen molar-refractivity contribution in [3.05, 3.63) is 58.2 Å². The molecular formula is C19H19ClF3N3O5. The predicted molar refractivity (Wildman–Crippen MR) is 103 cm³/mol. The SMILES string of the molecule is CNC(=O)C(NOC)c1ccccc1COc1ncc(C(=O)OCC(F)(F)F)cc1Cl. The van der Waals surface area contributed by atoms with Crippen LogP contribution in [0.2, 0.25) is 5.02 Å². The number of amides is 1. The van der Waals surface area contributed by atoms with E-state index in [1.54, 1.807) is 24.3 Å². The lowest BCUT2D eigenvalue weighted by molar-refractivity contribution is -0.161. The van der Waals surface area contributed by atoms with Crippen LogP contribution in [0.1, 0.15) is 27.5 Å². The number of halogens is 4. The van der Waals surface area contributed by atoms with Crippen molar-refractivity contribution in [3.8, 4) is 5.88 Å². The molecule has 0 fully saturated rings. The molecule has 2 N–H and O–H groups in total. The van der Waals surface area contributed by atoms with Crippen LogP contribution in [0, 0.1) is 0 Å². The average molecular weight is 462 g/mol. The zero-order chi connectivity index (χ0) is 23.0. The summed E-state index contributed by atoms with van der Waals surface area (Å²) in [5.41, 5.74) is 3.54. The van der Waals surface area contributed by atoms with Crippen LogP contribution in [0.4, 0.5) is 13.2 Å². The number of hydroxylamine groups is 1. The molecule has 12 heteroatoms. The van der Waals surface area contributed by atoms with Gasteiger partial charge in [-0.2, -0.15) is 18.7 Å². The largest absolute Gasteiger partial charge is 0.472 e. The molecule has 2 rings (SSSR count). The minimum Gasteiger partial charge on any atom is -0.472 e. The highest BCUT2D eigenvalue weighted by molar-refractivity contribution is 6.32. The van der Waals surface area contributed by atoms with Crippen LogP contribution >= 0.6 is 11.6 Å². The number of ether oxygens (including phenoxy) is 2. The van der Waals surface area contributed by atoms with Crippen molar-refractivity contribution in [1.82, 2.24) is 15.8 Å². The molecule has 0 bridgehead atoms. The maximum absolute atomic E-state index is 12.2. The number of nitrogens with zero attached hydrogens (tertiary/aromatic N) is 1. The summed E-state index contributed by atoms with van der Waals surface area (Å²) in [4.78, 5) is 32.6. The molecule has 0 spiro atoms. The Morgan fingerprint density at radius 3 is 2.58 bits per heavy atom. The van der Waals surface area contributed by atoms with Gasteiger partial charge >= 0.3 is 12.1 Å². The van der Waals surface area contributed by atoms with Crippen molar-refractivity contribution in [1.29, 1.82) is 0 Å². The second-order valence-electron chi connectivity index (χ2n) is 6.06. The van der Waals surface area contributed by atoms with E-state index in [9.17, 15) is 22.8 Å². The van der Waals surface area contributed by atoms with E-state index in [4.69, 9.17) is 21.2 Å². The Kier molecular flexibility index (Phi) is 8.60. The quantitative estimate of drug-likeness (QED) is 0.437. The summed E-state index contributed by atoms with van der Waals surface area (Å²) in [7, 11) is 2.86. The minimum atomic E-state index is -4.65. The van der Waals surface area contributed by atoms with Gasteiger partial charge in [0.2, 0.25) is 11.8 Å². The van der Waals surface area contributed by atoms with Crippen molar-refractivity contribution in [2.24, 2.45) is 0 Å². The lowest BCUT2D eigenvalue weighted by Crippen LogP contribution is -2.36. The molecule has 1 aromatic heterocycles. The summed E-state index contributed by atoms with van der Waals surface area (Å²) in [5.74, 6) is -1.62. The van der Waals surface area contributed by atoms with Gasteiger partial charge in [-0.05, 0) is 17.2 Å². The number of likely N-dealkylation sites (N-methyl/N-ethyl adjacent to an activating group) is 1. The molecule has 8 nitrogen and oxygen atoms in total. The van der Waals surface area contributed by atoms with Crippen molar-refractivity contribution in [2.75, 3.05) is 20.8 Å². The summed E-state index contributed by atoms with van der Waals surface area (Å²) in [6.07, 6.45) is -3.65. The molecule has 1 unspecified atom stereocenters. The number of hydrogen-bond donors (Lipinski definition) is 2. The number of alkyl halides is 3. The van der Waals surface area contributed by atoms with Gasteiger partial charge in [0.25, 0.3) is 0 Å². The van der Waals surface area contributed by atoms with E-state index in [-0.39, 0.29) is 29.0 Å². The van der Waals surface area contributed by atoms with Crippen LogP contribution in [-0.4, -0.2) is 43.8 Å². The molecule has 0 radical (unpaired) electrons. The summed E-state index contributed by atoms with van der Waals surface area (Å²) >= 11 is 6.04. The third kappa shape index (κ3) is 7.09. The second-order valence-corrected chi connectivity index (χ2v) is 6.47. The van der Waals surface area contributed by atoms with Gasteiger partial charge in [-0.3, -0.25) is 4.79 Å². The third-order valence-corrected chi connectivity index (χ3v) is 4.16. The van der Waals surface area contributed by atoms with Gasteiger partial charge in [0, 0.05) is 13.2 Å². The van der Waals surface area contributed by atoms with Gasteiger partial charge < -0.3 is 19.6 Å². The maximum atomic E-state index is 12.2. The van der Waals surface area contributed by atoms with Crippen molar-refractivity contribution >= 4 is 23.5 Å². The number of benzene rings is 1. The molecule has 0 saturated heterocycles. The van der Waals surface area contributed by atoms with Gasteiger partial charge in [0.15, 0.2) is 6.61 Å². The Labute approximate surface area is 180 Å². The number of aromatic nitrogens is 1. The third-order valence-electron chi connectivity index (χ3n) is 3.88. The number of pyridine rings is 1. The monoisotopic (exact) mass is 461 g/mol. The molecule has 1 heterocycles. The molecule has 1 amide bonds. The fourth-order valence-electron chi connectivity index (χ4n) is 2.49. The number of rotatable bonds is 9. The first-order chi connectivity index (χ1) is 14.7. The van der Waals surface area contributed by atoms with Crippen LogP contribution in [0.25, 0.3) is 0 Å². The average Bonchev–Trinajstić information content (AvgIpc) is 2.74. The molecule has 0 aliphatic heterocycles. The maximum Gasteiger partial charge on any atom is 0.422 e. The van der Waals surface area contributed by atoms with Gasteiger partial charge in [-0.15, -0.1) is 0 Å². The van der Waals surface area contributed by atoms with E-state index in [2.05, 4.69) is 20.5 Å². The summed E-state index contributed by atoms with van der Waals surface area (Å²) in [5, 5.41) is 2.42. The highest BCUT2D eigenvalue weighted by Gasteiger charge is 2.30. The van der Waals surface area contributed by atoms with Crippen LogP contribution in [-0.2, 0) is 21.0 Å². The molecule has 0 aliphatic carbocycles. The molecular weight excluding hydrogens is 443 g/mol. The van der Waals surface area contributed by atoms with Crippen molar-refractivity contribution in [2.45, 2.75) is 18.8 Å². The zero-order valence-electron chi connectivity index (χ0n) is 16.5. The number of carbonyl (C=O) groups excluding carboxylic acids is 2. The first-order valence-electron chi connectivity index (χ1n) is 8.76. The normalized spacial score (nSPS) is 12.2. The van der Waals surface area contributed by atoms with Crippen LogP contribution in [0.3, 0.4) is 0 Å². The minimum absolute atomic E-state index is 0.0420. The smallest absolute Gasteiger partial charge is 0.422 e. The zero-order valence-corrected chi connectivity index (χ0v) is 17.2. The van der Waals surface area contributed by atoms with Crippen LogP contribution in [0.15, 0.2) is 36.5 Å². The molecule has 168 valence electrons. The Hall–Kier alpha value is -2.89. The molecule has 1 aromatic carbocycles. The Morgan fingerprint density at radius 2 is 1.97 bits per heavy atom. The Balaban J connectivity index is 2.13. The second kappa shape index (κ2) is 10.9. The summed E-state index contributed by atoms with van der Waals surface area (Å²) in [6.45, 7) is -1.76. The van der Waals surface area contributed by atoms with Gasteiger partial charge in [-0.25, -0.2) is 9.78 Å².